The number of benzene rings is 1. The summed E-state index contributed by atoms with van der Waals surface area (Å²) in [6, 6.07) is 8.23. The van der Waals surface area contributed by atoms with Crippen LogP contribution in [0.25, 0.3) is 0 Å². The van der Waals surface area contributed by atoms with Gasteiger partial charge in [-0.1, -0.05) is 43.2 Å². The third-order valence-corrected chi connectivity index (χ3v) is 3.64. The standard InChI is InChI=1S/C17H23NO/c18-12-4-7-15-8-10-17(11-9-15)14-19-13-16-5-2-1-3-6-16/h8-11,16H,1-3,5-6,12-14,18H2. The molecule has 2 N–H and O–H groups in total. The lowest BCUT2D eigenvalue weighted by Crippen LogP contribution is -2.13. The highest BCUT2D eigenvalue weighted by Gasteiger charge is 2.13. The van der Waals surface area contributed by atoms with Gasteiger partial charge >= 0.3 is 0 Å². The second-order valence-electron chi connectivity index (χ2n) is 5.22. The Labute approximate surface area is 116 Å². The van der Waals surface area contributed by atoms with Gasteiger partial charge in [0.15, 0.2) is 0 Å². The van der Waals surface area contributed by atoms with Gasteiger partial charge in [0.25, 0.3) is 0 Å². The zero-order valence-corrected chi connectivity index (χ0v) is 11.5. The minimum atomic E-state index is 0.409. The van der Waals surface area contributed by atoms with Gasteiger partial charge in [-0.05, 0) is 36.5 Å². The first-order valence-electron chi connectivity index (χ1n) is 7.24. The highest BCUT2D eigenvalue weighted by Crippen LogP contribution is 2.23. The Morgan fingerprint density at radius 2 is 1.84 bits per heavy atom. The lowest BCUT2D eigenvalue weighted by atomic mass is 9.90. The van der Waals surface area contributed by atoms with Crippen molar-refractivity contribution in [2.24, 2.45) is 11.7 Å². The number of hydrogen-bond acceptors (Lipinski definition) is 2. The van der Waals surface area contributed by atoms with Crippen molar-refractivity contribution in [2.75, 3.05) is 13.2 Å². The molecule has 1 saturated carbocycles. The average Bonchev–Trinajstić information content (AvgIpc) is 2.47. The molecule has 0 radical (unpaired) electrons. The molecule has 0 atom stereocenters. The third kappa shape index (κ3) is 5.06. The largest absolute Gasteiger partial charge is 0.376 e. The van der Waals surface area contributed by atoms with E-state index in [0.29, 0.717) is 13.2 Å². The first-order valence-corrected chi connectivity index (χ1v) is 7.24. The molecule has 0 amide bonds. The lowest BCUT2D eigenvalue weighted by molar-refractivity contribution is 0.0739. The van der Waals surface area contributed by atoms with E-state index >= 15 is 0 Å². The first kappa shape index (κ1) is 14.1. The van der Waals surface area contributed by atoms with E-state index in [1.165, 1.54) is 37.7 Å². The van der Waals surface area contributed by atoms with E-state index in [4.69, 9.17) is 10.5 Å². The van der Waals surface area contributed by atoms with E-state index in [-0.39, 0.29) is 0 Å². The van der Waals surface area contributed by atoms with Crippen LogP contribution in [0.4, 0.5) is 0 Å². The Bertz CT molecular complexity index is 421. The molecule has 1 aliphatic carbocycles. The van der Waals surface area contributed by atoms with Crippen LogP contribution >= 0.6 is 0 Å². The van der Waals surface area contributed by atoms with Crippen LogP contribution in [-0.4, -0.2) is 13.2 Å². The van der Waals surface area contributed by atoms with Crippen LogP contribution in [-0.2, 0) is 11.3 Å². The molecule has 2 nitrogen and oxygen atoms in total. The molecular weight excluding hydrogens is 234 g/mol. The molecule has 1 aliphatic rings. The SMILES string of the molecule is NCC#Cc1ccc(COCC2CCCCC2)cc1. The molecule has 19 heavy (non-hydrogen) atoms. The maximum atomic E-state index is 5.82. The minimum absolute atomic E-state index is 0.409. The Balaban J connectivity index is 1.73. The topological polar surface area (TPSA) is 35.2 Å². The van der Waals surface area contributed by atoms with Crippen LogP contribution in [0.5, 0.6) is 0 Å². The number of rotatable bonds is 4. The molecule has 0 saturated heterocycles. The van der Waals surface area contributed by atoms with Gasteiger partial charge in [0.05, 0.1) is 13.2 Å². The van der Waals surface area contributed by atoms with E-state index in [0.717, 1.165) is 18.1 Å². The van der Waals surface area contributed by atoms with E-state index < -0.39 is 0 Å². The zero-order chi connectivity index (χ0) is 13.3. The van der Waals surface area contributed by atoms with Gasteiger partial charge in [0, 0.05) is 12.2 Å². The Morgan fingerprint density at radius 3 is 2.53 bits per heavy atom. The monoisotopic (exact) mass is 257 g/mol. The van der Waals surface area contributed by atoms with Crippen molar-refractivity contribution < 1.29 is 4.74 Å². The normalized spacial score (nSPS) is 15.8. The Morgan fingerprint density at radius 1 is 1.11 bits per heavy atom. The van der Waals surface area contributed by atoms with E-state index in [1.807, 2.05) is 12.1 Å². The summed E-state index contributed by atoms with van der Waals surface area (Å²) >= 11 is 0. The van der Waals surface area contributed by atoms with E-state index in [1.54, 1.807) is 0 Å². The second kappa shape index (κ2) is 7.99. The predicted molar refractivity (Wildman–Crippen MR) is 78.6 cm³/mol. The summed E-state index contributed by atoms with van der Waals surface area (Å²) in [6.07, 6.45) is 6.84. The van der Waals surface area contributed by atoms with Gasteiger partial charge in [-0.25, -0.2) is 0 Å². The van der Waals surface area contributed by atoms with Crippen LogP contribution in [0.15, 0.2) is 24.3 Å². The van der Waals surface area contributed by atoms with Gasteiger partial charge in [-0.2, -0.15) is 0 Å². The molecule has 102 valence electrons. The number of nitrogens with two attached hydrogens (primary N) is 1. The predicted octanol–water partition coefficient (Wildman–Crippen LogP) is 3.09. The minimum Gasteiger partial charge on any atom is -0.376 e. The molecule has 0 heterocycles. The fraction of sp³-hybridized carbons (Fsp3) is 0.529. The third-order valence-electron chi connectivity index (χ3n) is 3.64. The Kier molecular flexibility index (Phi) is 5.94. The van der Waals surface area contributed by atoms with Gasteiger partial charge in [0.2, 0.25) is 0 Å². The highest BCUT2D eigenvalue weighted by molar-refractivity contribution is 5.36. The molecule has 2 heteroatoms. The molecule has 0 aromatic heterocycles. The lowest BCUT2D eigenvalue weighted by Gasteiger charge is -2.21. The van der Waals surface area contributed by atoms with Crippen molar-refractivity contribution in [3.63, 3.8) is 0 Å². The molecule has 1 aromatic carbocycles. The van der Waals surface area contributed by atoms with Crippen molar-refractivity contribution in [3.05, 3.63) is 35.4 Å². The summed E-state index contributed by atoms with van der Waals surface area (Å²) in [6.45, 7) is 2.03. The van der Waals surface area contributed by atoms with Crippen LogP contribution in [0.3, 0.4) is 0 Å². The van der Waals surface area contributed by atoms with Crippen LogP contribution in [0, 0.1) is 17.8 Å². The van der Waals surface area contributed by atoms with Crippen molar-refractivity contribution >= 4 is 0 Å². The summed E-state index contributed by atoms with van der Waals surface area (Å²) in [5, 5.41) is 0. The van der Waals surface area contributed by atoms with Crippen molar-refractivity contribution in [1.82, 2.24) is 0 Å². The molecule has 0 unspecified atom stereocenters. The van der Waals surface area contributed by atoms with Crippen LogP contribution < -0.4 is 5.73 Å². The van der Waals surface area contributed by atoms with Crippen LogP contribution in [0.1, 0.15) is 43.2 Å². The smallest absolute Gasteiger partial charge is 0.0717 e. The fourth-order valence-electron chi connectivity index (χ4n) is 2.53. The van der Waals surface area contributed by atoms with Gasteiger partial charge in [-0.3, -0.25) is 0 Å². The molecule has 1 fully saturated rings. The molecule has 1 aromatic rings. The molecule has 0 spiro atoms. The number of hydrogen-bond donors (Lipinski definition) is 1. The molecule has 0 aliphatic heterocycles. The van der Waals surface area contributed by atoms with E-state index in [9.17, 15) is 0 Å². The molecule has 0 bridgehead atoms. The second-order valence-corrected chi connectivity index (χ2v) is 5.22. The van der Waals surface area contributed by atoms with Gasteiger partial charge in [0.1, 0.15) is 0 Å². The average molecular weight is 257 g/mol. The quantitative estimate of drug-likeness (QED) is 0.841. The van der Waals surface area contributed by atoms with Gasteiger partial charge < -0.3 is 10.5 Å². The maximum absolute atomic E-state index is 5.82. The fourth-order valence-corrected chi connectivity index (χ4v) is 2.53. The van der Waals surface area contributed by atoms with Gasteiger partial charge in [-0.15, -0.1) is 0 Å². The zero-order valence-electron chi connectivity index (χ0n) is 11.5. The van der Waals surface area contributed by atoms with E-state index in [2.05, 4.69) is 24.0 Å². The summed E-state index contributed by atoms with van der Waals surface area (Å²) in [7, 11) is 0. The number of ether oxygens (including phenoxy) is 1. The van der Waals surface area contributed by atoms with Crippen molar-refractivity contribution in [3.8, 4) is 11.8 Å². The highest BCUT2D eigenvalue weighted by atomic mass is 16.5. The molecular formula is C17H23NO. The Hall–Kier alpha value is -1.30. The summed E-state index contributed by atoms with van der Waals surface area (Å²) in [4.78, 5) is 0. The van der Waals surface area contributed by atoms with Crippen molar-refractivity contribution in [1.29, 1.82) is 0 Å². The van der Waals surface area contributed by atoms with Crippen LogP contribution in [0.2, 0.25) is 0 Å². The van der Waals surface area contributed by atoms with Crippen molar-refractivity contribution in [2.45, 2.75) is 38.7 Å². The molecule has 2 rings (SSSR count). The summed E-state index contributed by atoms with van der Waals surface area (Å²) < 4.78 is 5.82. The maximum Gasteiger partial charge on any atom is 0.0717 e. The summed E-state index contributed by atoms with van der Waals surface area (Å²) in [5.74, 6) is 6.66. The first-order chi connectivity index (χ1) is 9.38. The summed E-state index contributed by atoms with van der Waals surface area (Å²) in [5.41, 5.74) is 7.58.